The van der Waals surface area contributed by atoms with Crippen LogP contribution in [0, 0.1) is 5.92 Å². The van der Waals surface area contributed by atoms with Crippen LogP contribution in [0.3, 0.4) is 0 Å². The number of carbonyl (C=O) groups excluding carboxylic acids is 1. The molecule has 0 radical (unpaired) electrons. The number of nitrogens with zero attached hydrogens (tertiary/aromatic N) is 1. The van der Waals surface area contributed by atoms with Crippen LogP contribution < -0.4 is 5.73 Å². The molecule has 1 atom stereocenters. The van der Waals surface area contributed by atoms with Gasteiger partial charge in [-0.15, -0.1) is 0 Å². The molecular formula is C18H24N2O6S. The normalized spacial score (nSPS) is 21.9. The standard InChI is InChI=1S/C18H24N2O6S/c19-18(21)17(20-26-15-7-10-25-11-15)14-1-3-16(4-2-14)27(22,23)12-13-5-8-24-9-6-13/h1-4,13,15H,5-12H2,(H2,19,21)/b20-17+/t15-/m1/s1. The van der Waals surface area contributed by atoms with Crippen LogP contribution in [0.1, 0.15) is 24.8 Å². The highest BCUT2D eigenvalue weighted by Gasteiger charge is 2.24. The summed E-state index contributed by atoms with van der Waals surface area (Å²) in [6.45, 7) is 2.21. The predicted octanol–water partition coefficient (Wildman–Crippen LogP) is 0.882. The first kappa shape index (κ1) is 19.8. The third-order valence-electron chi connectivity index (χ3n) is 4.70. The van der Waals surface area contributed by atoms with Crippen LogP contribution in [-0.4, -0.2) is 58.3 Å². The largest absolute Gasteiger partial charge is 0.389 e. The number of hydrogen-bond acceptors (Lipinski definition) is 7. The van der Waals surface area contributed by atoms with Crippen LogP contribution in [0.25, 0.3) is 0 Å². The number of rotatable bonds is 7. The van der Waals surface area contributed by atoms with Crippen molar-refractivity contribution in [3.8, 4) is 0 Å². The maximum absolute atomic E-state index is 12.6. The molecule has 0 saturated carbocycles. The molecule has 0 aliphatic carbocycles. The van der Waals surface area contributed by atoms with Gasteiger partial charge in [0.1, 0.15) is 0 Å². The Labute approximate surface area is 158 Å². The molecule has 3 rings (SSSR count). The molecule has 148 valence electrons. The monoisotopic (exact) mass is 396 g/mol. The van der Waals surface area contributed by atoms with E-state index >= 15 is 0 Å². The second kappa shape index (κ2) is 8.81. The fourth-order valence-corrected chi connectivity index (χ4v) is 4.80. The third-order valence-corrected chi connectivity index (χ3v) is 6.60. The van der Waals surface area contributed by atoms with Crippen molar-refractivity contribution in [1.82, 2.24) is 0 Å². The number of amides is 1. The SMILES string of the molecule is NC(=O)/C(=N/O[C@@H]1CCOC1)c1ccc(S(=O)(=O)CC2CCOCC2)cc1. The Balaban J connectivity index is 1.71. The first-order chi connectivity index (χ1) is 13.0. The summed E-state index contributed by atoms with van der Waals surface area (Å²) in [6, 6.07) is 5.99. The van der Waals surface area contributed by atoms with Gasteiger partial charge in [0.05, 0.1) is 23.9 Å². The van der Waals surface area contributed by atoms with Gasteiger partial charge in [0.2, 0.25) is 0 Å². The van der Waals surface area contributed by atoms with Crippen LogP contribution in [0.5, 0.6) is 0 Å². The van der Waals surface area contributed by atoms with Crippen molar-refractivity contribution >= 4 is 21.5 Å². The van der Waals surface area contributed by atoms with E-state index in [1.165, 1.54) is 24.3 Å². The lowest BCUT2D eigenvalue weighted by molar-refractivity contribution is -0.112. The van der Waals surface area contributed by atoms with Crippen molar-refractivity contribution < 1.29 is 27.5 Å². The zero-order valence-electron chi connectivity index (χ0n) is 15.0. The topological polar surface area (TPSA) is 117 Å². The predicted molar refractivity (Wildman–Crippen MR) is 98.1 cm³/mol. The lowest BCUT2D eigenvalue weighted by Crippen LogP contribution is -2.26. The minimum Gasteiger partial charge on any atom is -0.389 e. The van der Waals surface area contributed by atoms with E-state index in [2.05, 4.69) is 5.16 Å². The summed E-state index contributed by atoms with van der Waals surface area (Å²) in [4.78, 5) is 17.2. The number of primary amides is 1. The van der Waals surface area contributed by atoms with E-state index in [-0.39, 0.29) is 28.4 Å². The van der Waals surface area contributed by atoms with Gasteiger partial charge in [0, 0.05) is 25.2 Å². The number of oxime groups is 1. The molecule has 2 saturated heterocycles. The average Bonchev–Trinajstić information content (AvgIpc) is 3.16. The van der Waals surface area contributed by atoms with E-state index < -0.39 is 15.7 Å². The summed E-state index contributed by atoms with van der Waals surface area (Å²) < 4.78 is 35.7. The van der Waals surface area contributed by atoms with E-state index in [0.29, 0.717) is 38.4 Å². The summed E-state index contributed by atoms with van der Waals surface area (Å²) >= 11 is 0. The van der Waals surface area contributed by atoms with Gasteiger partial charge in [0.25, 0.3) is 5.91 Å². The van der Waals surface area contributed by atoms with Crippen molar-refractivity contribution in [1.29, 1.82) is 0 Å². The van der Waals surface area contributed by atoms with Crippen LogP contribution >= 0.6 is 0 Å². The molecule has 9 heteroatoms. The van der Waals surface area contributed by atoms with Gasteiger partial charge < -0.3 is 20.0 Å². The maximum Gasteiger partial charge on any atom is 0.271 e. The van der Waals surface area contributed by atoms with Crippen molar-refractivity contribution in [2.24, 2.45) is 16.8 Å². The molecule has 1 amide bonds. The minimum atomic E-state index is -3.41. The van der Waals surface area contributed by atoms with Gasteiger partial charge in [-0.25, -0.2) is 8.42 Å². The number of sulfone groups is 1. The summed E-state index contributed by atoms with van der Waals surface area (Å²) in [5.41, 5.74) is 5.75. The van der Waals surface area contributed by atoms with E-state index in [9.17, 15) is 13.2 Å². The zero-order chi connectivity index (χ0) is 19.3. The molecule has 1 aromatic rings. The minimum absolute atomic E-state index is 0.0460. The van der Waals surface area contributed by atoms with Crippen molar-refractivity contribution in [2.45, 2.75) is 30.3 Å². The van der Waals surface area contributed by atoms with Crippen LogP contribution in [-0.2, 0) is 28.9 Å². The molecule has 2 heterocycles. The van der Waals surface area contributed by atoms with Crippen LogP contribution in [0.2, 0.25) is 0 Å². The smallest absolute Gasteiger partial charge is 0.271 e. The van der Waals surface area contributed by atoms with Gasteiger partial charge >= 0.3 is 0 Å². The van der Waals surface area contributed by atoms with Gasteiger partial charge in [-0.05, 0) is 30.9 Å². The Hall–Kier alpha value is -1.97. The highest BCUT2D eigenvalue weighted by molar-refractivity contribution is 7.91. The lowest BCUT2D eigenvalue weighted by atomic mass is 10.0. The molecule has 2 N–H and O–H groups in total. The summed E-state index contributed by atoms with van der Waals surface area (Å²) in [5, 5.41) is 3.86. The number of ether oxygens (including phenoxy) is 2. The fraction of sp³-hybridized carbons (Fsp3) is 0.556. The average molecular weight is 396 g/mol. The number of carbonyl (C=O) groups is 1. The van der Waals surface area contributed by atoms with Gasteiger partial charge in [-0.2, -0.15) is 0 Å². The molecule has 0 unspecified atom stereocenters. The summed E-state index contributed by atoms with van der Waals surface area (Å²) in [6.07, 6.45) is 1.98. The molecule has 2 fully saturated rings. The zero-order valence-corrected chi connectivity index (χ0v) is 15.8. The van der Waals surface area contributed by atoms with Crippen molar-refractivity contribution in [3.63, 3.8) is 0 Å². The molecule has 1 aromatic carbocycles. The number of hydrogen-bond donors (Lipinski definition) is 1. The molecule has 2 aliphatic heterocycles. The van der Waals surface area contributed by atoms with Crippen molar-refractivity contribution in [2.75, 3.05) is 32.2 Å². The summed E-state index contributed by atoms with van der Waals surface area (Å²) in [5.74, 6) is -0.544. The second-order valence-electron chi connectivity index (χ2n) is 6.76. The van der Waals surface area contributed by atoms with Gasteiger partial charge in [-0.3, -0.25) is 4.79 Å². The molecule has 27 heavy (non-hydrogen) atoms. The fourth-order valence-electron chi connectivity index (χ4n) is 3.10. The number of nitrogens with two attached hydrogens (primary N) is 1. The van der Waals surface area contributed by atoms with E-state index in [4.69, 9.17) is 20.0 Å². The van der Waals surface area contributed by atoms with E-state index in [1.54, 1.807) is 0 Å². The van der Waals surface area contributed by atoms with Crippen LogP contribution in [0.15, 0.2) is 34.3 Å². The molecule has 8 nitrogen and oxygen atoms in total. The molecular weight excluding hydrogens is 372 g/mol. The van der Waals surface area contributed by atoms with E-state index in [1.807, 2.05) is 0 Å². The second-order valence-corrected chi connectivity index (χ2v) is 8.79. The Kier molecular flexibility index (Phi) is 6.46. The summed E-state index contributed by atoms with van der Waals surface area (Å²) in [7, 11) is -3.41. The first-order valence-electron chi connectivity index (χ1n) is 8.98. The Morgan fingerprint density at radius 3 is 2.37 bits per heavy atom. The van der Waals surface area contributed by atoms with Crippen molar-refractivity contribution in [3.05, 3.63) is 29.8 Å². The third kappa shape index (κ3) is 5.27. The Morgan fingerprint density at radius 1 is 1.11 bits per heavy atom. The lowest BCUT2D eigenvalue weighted by Gasteiger charge is -2.21. The maximum atomic E-state index is 12.6. The molecule has 0 aromatic heterocycles. The first-order valence-corrected chi connectivity index (χ1v) is 10.6. The van der Waals surface area contributed by atoms with Gasteiger partial charge in [0.15, 0.2) is 21.7 Å². The van der Waals surface area contributed by atoms with Gasteiger partial charge in [-0.1, -0.05) is 17.3 Å². The van der Waals surface area contributed by atoms with Crippen LogP contribution in [0.4, 0.5) is 0 Å². The highest BCUT2D eigenvalue weighted by Crippen LogP contribution is 2.22. The highest BCUT2D eigenvalue weighted by atomic mass is 32.2. The Bertz CT molecular complexity index is 779. The molecule has 0 spiro atoms. The molecule has 0 bridgehead atoms. The van der Waals surface area contributed by atoms with E-state index in [0.717, 1.165) is 12.8 Å². The Morgan fingerprint density at radius 2 is 1.78 bits per heavy atom. The quantitative estimate of drug-likeness (QED) is 0.540. The number of benzene rings is 1. The molecule has 2 aliphatic rings.